The molecule has 0 bridgehead atoms. The average molecular weight is 259 g/mol. The molecule has 0 spiro atoms. The molecule has 0 saturated heterocycles. The Morgan fingerprint density at radius 2 is 2.16 bits per heavy atom. The molecule has 1 amide bonds. The minimum Gasteiger partial charge on any atom is -0.466 e. The van der Waals surface area contributed by atoms with E-state index in [1.807, 2.05) is 18.2 Å². The van der Waals surface area contributed by atoms with Crippen LogP contribution in [0.25, 0.3) is 6.08 Å². The highest BCUT2D eigenvalue weighted by Gasteiger charge is 2.19. The van der Waals surface area contributed by atoms with Gasteiger partial charge >= 0.3 is 5.97 Å². The standard InChI is InChI=1S/C15H17NO3/c1-11(17)16-9-3-4-13-10-12(5-7-14(13)16)6-8-15(18)19-2/h5-8,10H,3-4,9H2,1-2H3. The summed E-state index contributed by atoms with van der Waals surface area (Å²) in [6.07, 6.45) is 5.04. The minimum atomic E-state index is -0.372. The molecule has 0 saturated carbocycles. The van der Waals surface area contributed by atoms with Crippen molar-refractivity contribution in [3.63, 3.8) is 0 Å². The molecule has 4 heteroatoms. The van der Waals surface area contributed by atoms with E-state index in [1.54, 1.807) is 17.9 Å². The van der Waals surface area contributed by atoms with Crippen molar-refractivity contribution in [2.24, 2.45) is 0 Å². The zero-order valence-corrected chi connectivity index (χ0v) is 11.2. The summed E-state index contributed by atoms with van der Waals surface area (Å²) in [6.45, 7) is 2.36. The van der Waals surface area contributed by atoms with Gasteiger partial charge < -0.3 is 9.64 Å². The molecule has 1 aliphatic rings. The number of hydrogen-bond donors (Lipinski definition) is 0. The number of fused-ring (bicyclic) bond motifs is 1. The predicted molar refractivity (Wildman–Crippen MR) is 73.8 cm³/mol. The minimum absolute atomic E-state index is 0.0683. The molecule has 0 radical (unpaired) electrons. The van der Waals surface area contributed by atoms with E-state index in [0.717, 1.165) is 36.2 Å². The third-order valence-corrected chi connectivity index (χ3v) is 3.22. The van der Waals surface area contributed by atoms with Crippen molar-refractivity contribution >= 4 is 23.6 Å². The van der Waals surface area contributed by atoms with E-state index in [4.69, 9.17) is 0 Å². The second-order valence-corrected chi connectivity index (χ2v) is 4.52. The SMILES string of the molecule is COC(=O)C=Cc1ccc2c(c1)CCCN2C(C)=O. The van der Waals surface area contributed by atoms with Crippen molar-refractivity contribution in [2.45, 2.75) is 19.8 Å². The molecule has 4 nitrogen and oxygen atoms in total. The lowest BCUT2D eigenvalue weighted by atomic mass is 9.99. The third kappa shape index (κ3) is 3.02. The van der Waals surface area contributed by atoms with Gasteiger partial charge in [-0.05, 0) is 42.2 Å². The maximum Gasteiger partial charge on any atom is 0.330 e. The van der Waals surface area contributed by atoms with Crippen molar-refractivity contribution in [3.8, 4) is 0 Å². The van der Waals surface area contributed by atoms with Gasteiger partial charge in [-0.15, -0.1) is 0 Å². The summed E-state index contributed by atoms with van der Waals surface area (Å²) in [5.74, 6) is -0.304. The molecule has 0 aliphatic carbocycles. The smallest absolute Gasteiger partial charge is 0.330 e. The van der Waals surface area contributed by atoms with E-state index in [2.05, 4.69) is 4.74 Å². The van der Waals surface area contributed by atoms with Crippen LogP contribution in [0.3, 0.4) is 0 Å². The zero-order valence-electron chi connectivity index (χ0n) is 11.2. The number of carbonyl (C=O) groups excluding carboxylic acids is 2. The van der Waals surface area contributed by atoms with Gasteiger partial charge in [0.05, 0.1) is 7.11 Å². The highest BCUT2D eigenvalue weighted by molar-refractivity contribution is 5.93. The van der Waals surface area contributed by atoms with Crippen LogP contribution in [-0.4, -0.2) is 25.5 Å². The summed E-state index contributed by atoms with van der Waals surface area (Å²) in [6, 6.07) is 5.86. The summed E-state index contributed by atoms with van der Waals surface area (Å²) in [4.78, 5) is 24.4. The monoisotopic (exact) mass is 259 g/mol. The maximum atomic E-state index is 11.6. The van der Waals surface area contributed by atoms with Gasteiger partial charge in [0.2, 0.25) is 5.91 Å². The molecule has 0 aromatic heterocycles. The molecule has 100 valence electrons. The van der Waals surface area contributed by atoms with Crippen molar-refractivity contribution in [1.29, 1.82) is 0 Å². The van der Waals surface area contributed by atoms with Crippen molar-refractivity contribution in [2.75, 3.05) is 18.6 Å². The normalized spacial score (nSPS) is 14.3. The van der Waals surface area contributed by atoms with Crippen LogP contribution in [0, 0.1) is 0 Å². The quantitative estimate of drug-likeness (QED) is 0.604. The molecule has 0 atom stereocenters. The molecule has 0 unspecified atom stereocenters. The summed E-state index contributed by atoms with van der Waals surface area (Å²) in [7, 11) is 1.35. The number of hydrogen-bond acceptors (Lipinski definition) is 3. The zero-order chi connectivity index (χ0) is 13.8. The van der Waals surface area contributed by atoms with Crippen LogP contribution in [0.5, 0.6) is 0 Å². The number of methoxy groups -OCH3 is 1. The third-order valence-electron chi connectivity index (χ3n) is 3.22. The van der Waals surface area contributed by atoms with Crippen molar-refractivity contribution in [1.82, 2.24) is 0 Å². The Kier molecular flexibility index (Phi) is 4.00. The number of ether oxygens (including phenoxy) is 1. The van der Waals surface area contributed by atoms with E-state index >= 15 is 0 Å². The fourth-order valence-corrected chi connectivity index (χ4v) is 2.28. The summed E-state index contributed by atoms with van der Waals surface area (Å²) in [5, 5.41) is 0. The van der Waals surface area contributed by atoms with E-state index in [9.17, 15) is 9.59 Å². The first kappa shape index (κ1) is 13.3. The number of benzene rings is 1. The lowest BCUT2D eigenvalue weighted by Crippen LogP contribution is -2.33. The van der Waals surface area contributed by atoms with Gasteiger partial charge in [0, 0.05) is 25.2 Å². The van der Waals surface area contributed by atoms with Crippen LogP contribution >= 0.6 is 0 Å². The second kappa shape index (κ2) is 5.69. The molecule has 19 heavy (non-hydrogen) atoms. The van der Waals surface area contributed by atoms with Gasteiger partial charge in [-0.1, -0.05) is 6.07 Å². The first-order valence-electron chi connectivity index (χ1n) is 6.29. The molecule has 0 N–H and O–H groups in total. The number of anilines is 1. The van der Waals surface area contributed by atoms with Crippen LogP contribution in [0.15, 0.2) is 24.3 Å². The number of aryl methyl sites for hydroxylation is 1. The van der Waals surface area contributed by atoms with Crippen LogP contribution < -0.4 is 4.90 Å². The Morgan fingerprint density at radius 3 is 2.84 bits per heavy atom. The second-order valence-electron chi connectivity index (χ2n) is 4.52. The fraction of sp³-hybridized carbons (Fsp3) is 0.333. The Hall–Kier alpha value is -2.10. The first-order valence-corrected chi connectivity index (χ1v) is 6.29. The molecule has 2 rings (SSSR count). The van der Waals surface area contributed by atoms with Crippen LogP contribution in [0.1, 0.15) is 24.5 Å². The van der Waals surface area contributed by atoms with E-state index in [0.29, 0.717) is 0 Å². The van der Waals surface area contributed by atoms with Crippen molar-refractivity contribution < 1.29 is 14.3 Å². The molecular formula is C15H17NO3. The highest BCUT2D eigenvalue weighted by atomic mass is 16.5. The lowest BCUT2D eigenvalue weighted by Gasteiger charge is -2.28. The van der Waals surface area contributed by atoms with Crippen molar-refractivity contribution in [3.05, 3.63) is 35.4 Å². The summed E-state index contributed by atoms with van der Waals surface area (Å²) in [5.41, 5.74) is 3.07. The molecule has 0 fully saturated rings. The number of nitrogens with zero attached hydrogens (tertiary/aromatic N) is 1. The Morgan fingerprint density at radius 1 is 1.37 bits per heavy atom. The molecule has 1 heterocycles. The highest BCUT2D eigenvalue weighted by Crippen LogP contribution is 2.28. The van der Waals surface area contributed by atoms with Crippen LogP contribution in [-0.2, 0) is 20.7 Å². The largest absolute Gasteiger partial charge is 0.466 e. The summed E-state index contributed by atoms with van der Waals surface area (Å²) >= 11 is 0. The van der Waals surface area contributed by atoms with Gasteiger partial charge in [-0.25, -0.2) is 4.79 Å². The topological polar surface area (TPSA) is 46.6 Å². The lowest BCUT2D eigenvalue weighted by molar-refractivity contribution is -0.134. The number of rotatable bonds is 2. The Balaban J connectivity index is 2.26. The number of esters is 1. The molecular weight excluding hydrogens is 242 g/mol. The summed E-state index contributed by atoms with van der Waals surface area (Å²) < 4.78 is 4.55. The predicted octanol–water partition coefficient (Wildman–Crippen LogP) is 2.17. The Labute approximate surface area is 112 Å². The fourth-order valence-electron chi connectivity index (χ4n) is 2.28. The molecule has 1 aromatic rings. The van der Waals surface area contributed by atoms with Gasteiger partial charge in [-0.3, -0.25) is 4.79 Å². The van der Waals surface area contributed by atoms with E-state index < -0.39 is 0 Å². The molecule has 1 aromatic carbocycles. The first-order chi connectivity index (χ1) is 9.11. The van der Waals surface area contributed by atoms with Gasteiger partial charge in [-0.2, -0.15) is 0 Å². The Bertz CT molecular complexity index is 534. The molecule has 1 aliphatic heterocycles. The van der Waals surface area contributed by atoms with Gasteiger partial charge in [0.25, 0.3) is 0 Å². The number of amides is 1. The van der Waals surface area contributed by atoms with Gasteiger partial charge in [0.15, 0.2) is 0 Å². The maximum absolute atomic E-state index is 11.6. The van der Waals surface area contributed by atoms with Crippen LogP contribution in [0.4, 0.5) is 5.69 Å². The number of carbonyl (C=O) groups is 2. The van der Waals surface area contributed by atoms with E-state index in [-0.39, 0.29) is 11.9 Å². The van der Waals surface area contributed by atoms with Crippen LogP contribution in [0.2, 0.25) is 0 Å². The van der Waals surface area contributed by atoms with E-state index in [1.165, 1.54) is 13.2 Å². The average Bonchev–Trinajstić information content (AvgIpc) is 2.43. The van der Waals surface area contributed by atoms with Gasteiger partial charge in [0.1, 0.15) is 0 Å².